The maximum atomic E-state index is 10.8. The first-order valence-electron chi connectivity index (χ1n) is 7.85. The van der Waals surface area contributed by atoms with Crippen LogP contribution >= 0.6 is 24.0 Å². The minimum atomic E-state index is 0.178. The number of pyridine rings is 1. The highest BCUT2D eigenvalue weighted by atomic mass is 32.2. The molecule has 3 aromatic rings. The Balaban J connectivity index is 2.05. The van der Waals surface area contributed by atoms with Crippen LogP contribution < -0.4 is 4.57 Å². The minimum absolute atomic E-state index is 0.178. The first-order valence-corrected chi connectivity index (χ1v) is 9.48. The number of nitrogens with zero attached hydrogens (tertiary/aromatic N) is 1. The number of aromatic nitrogens is 1. The molecule has 0 atom stereocenters. The Morgan fingerprint density at radius 2 is 1.36 bits per heavy atom. The van der Waals surface area contributed by atoms with Gasteiger partial charge in [0.15, 0.2) is 18.2 Å². The summed E-state index contributed by atoms with van der Waals surface area (Å²) >= 11 is 6.93. The van der Waals surface area contributed by atoms with Crippen molar-refractivity contribution in [1.29, 1.82) is 0 Å². The molecule has 1 heterocycles. The maximum Gasteiger partial charge on any atom is 0.278 e. The smallest absolute Gasteiger partial charge is 0.278 e. The van der Waals surface area contributed by atoms with Gasteiger partial charge in [-0.15, -0.1) is 11.8 Å². The fourth-order valence-electron chi connectivity index (χ4n) is 2.55. The highest BCUT2D eigenvalue weighted by Crippen LogP contribution is 2.22. The summed E-state index contributed by atoms with van der Waals surface area (Å²) in [6, 6.07) is 23.7. The molecule has 1 aromatic heterocycles. The Kier molecular flexibility index (Phi) is 5.64. The zero-order valence-electron chi connectivity index (χ0n) is 13.8. The molecular weight excluding hydrogens is 346 g/mol. The Hall–Kier alpha value is -2.43. The molecule has 0 spiro atoms. The average molecular weight is 365 g/mol. The quantitative estimate of drug-likeness (QED) is 0.297. The molecule has 1 N–H and O–H groups in total. The maximum absolute atomic E-state index is 10.8. The highest BCUT2D eigenvalue weighted by molar-refractivity contribution is 8.23. The Bertz CT molecular complexity index is 888. The van der Waals surface area contributed by atoms with E-state index >= 15 is 0 Å². The summed E-state index contributed by atoms with van der Waals surface area (Å²) in [6.07, 6.45) is 5.78. The standard InChI is InChI=1S/C21H17NOS2/c1-25-21(24)19(20(23)18-10-6-3-7-11-18)22-14-12-17(13-15-22)16-8-4-2-5-9-16/h2-15H,1H3/p+1. The Morgan fingerprint density at radius 3 is 1.92 bits per heavy atom. The van der Waals surface area contributed by atoms with Crippen LogP contribution in [0.3, 0.4) is 0 Å². The molecule has 2 aromatic carbocycles. The van der Waals surface area contributed by atoms with E-state index in [4.69, 9.17) is 12.2 Å². The monoisotopic (exact) mass is 364 g/mol. The lowest BCUT2D eigenvalue weighted by atomic mass is 10.1. The molecule has 3 rings (SSSR count). The van der Waals surface area contributed by atoms with E-state index in [1.54, 1.807) is 0 Å². The molecule has 0 aliphatic rings. The molecule has 0 saturated carbocycles. The number of aliphatic hydroxyl groups is 1. The van der Waals surface area contributed by atoms with Gasteiger partial charge < -0.3 is 5.11 Å². The van der Waals surface area contributed by atoms with Crippen molar-refractivity contribution in [2.45, 2.75) is 0 Å². The van der Waals surface area contributed by atoms with Gasteiger partial charge in [-0.2, -0.15) is 4.57 Å². The van der Waals surface area contributed by atoms with E-state index in [0.717, 1.165) is 16.7 Å². The van der Waals surface area contributed by atoms with Crippen LogP contribution in [0.5, 0.6) is 0 Å². The second-order valence-corrected chi connectivity index (χ2v) is 6.90. The van der Waals surface area contributed by atoms with Gasteiger partial charge in [-0.3, -0.25) is 0 Å². The molecular formula is C21H18NOS2+. The van der Waals surface area contributed by atoms with Crippen molar-refractivity contribution in [3.63, 3.8) is 0 Å². The summed E-state index contributed by atoms with van der Waals surface area (Å²) < 4.78 is 2.51. The topological polar surface area (TPSA) is 24.1 Å². The molecule has 0 aliphatic heterocycles. The van der Waals surface area contributed by atoms with Gasteiger partial charge in [-0.25, -0.2) is 0 Å². The van der Waals surface area contributed by atoms with Crippen LogP contribution in [-0.2, 0) is 0 Å². The fraction of sp³-hybridized carbons (Fsp3) is 0.0476. The van der Waals surface area contributed by atoms with Crippen LogP contribution in [0.1, 0.15) is 5.56 Å². The van der Waals surface area contributed by atoms with Crippen molar-refractivity contribution >= 4 is 39.6 Å². The van der Waals surface area contributed by atoms with Gasteiger partial charge in [0.1, 0.15) is 4.20 Å². The van der Waals surface area contributed by atoms with Gasteiger partial charge in [0.2, 0.25) is 0 Å². The predicted octanol–water partition coefficient (Wildman–Crippen LogP) is 5.22. The van der Waals surface area contributed by atoms with E-state index in [9.17, 15) is 5.11 Å². The van der Waals surface area contributed by atoms with Gasteiger partial charge in [0, 0.05) is 17.7 Å². The van der Waals surface area contributed by atoms with Crippen LogP contribution in [0.25, 0.3) is 22.6 Å². The zero-order chi connectivity index (χ0) is 17.6. The summed E-state index contributed by atoms with van der Waals surface area (Å²) in [7, 11) is 0. The number of thiocarbonyl (C=S) groups is 1. The molecule has 0 unspecified atom stereocenters. The SMILES string of the molecule is CSC(=S)/C(=C(/O)c1ccccc1)[n+]1ccc(-c2ccccc2)cc1. The number of benzene rings is 2. The first-order chi connectivity index (χ1) is 12.2. The van der Waals surface area contributed by atoms with Crippen molar-refractivity contribution in [2.24, 2.45) is 0 Å². The van der Waals surface area contributed by atoms with Gasteiger partial charge in [0.05, 0.1) is 0 Å². The Labute approximate surface area is 157 Å². The van der Waals surface area contributed by atoms with Gasteiger partial charge in [0.25, 0.3) is 5.70 Å². The van der Waals surface area contributed by atoms with Crippen LogP contribution in [0.2, 0.25) is 0 Å². The Morgan fingerprint density at radius 1 is 0.840 bits per heavy atom. The van der Waals surface area contributed by atoms with Crippen molar-refractivity contribution in [1.82, 2.24) is 0 Å². The van der Waals surface area contributed by atoms with E-state index < -0.39 is 0 Å². The number of thioether (sulfide) groups is 1. The summed E-state index contributed by atoms with van der Waals surface area (Å²) in [5, 5.41) is 10.8. The predicted molar refractivity (Wildman–Crippen MR) is 110 cm³/mol. The van der Waals surface area contributed by atoms with E-state index in [-0.39, 0.29) is 5.76 Å². The largest absolute Gasteiger partial charge is 0.502 e. The van der Waals surface area contributed by atoms with Crippen LogP contribution in [0.15, 0.2) is 85.2 Å². The van der Waals surface area contributed by atoms with Crippen molar-refractivity contribution in [3.8, 4) is 11.1 Å². The third kappa shape index (κ3) is 3.98. The molecule has 0 amide bonds. The molecule has 4 heteroatoms. The van der Waals surface area contributed by atoms with Crippen LogP contribution in [0.4, 0.5) is 0 Å². The molecule has 0 saturated heterocycles. The number of hydrogen-bond donors (Lipinski definition) is 1. The van der Waals surface area contributed by atoms with Crippen molar-refractivity contribution in [2.75, 3.05) is 6.26 Å². The second kappa shape index (κ2) is 8.10. The molecule has 25 heavy (non-hydrogen) atoms. The summed E-state index contributed by atoms with van der Waals surface area (Å²) in [5.41, 5.74) is 3.63. The second-order valence-electron chi connectivity index (χ2n) is 5.41. The molecule has 0 radical (unpaired) electrons. The van der Waals surface area contributed by atoms with Gasteiger partial charge in [-0.1, -0.05) is 72.9 Å². The van der Waals surface area contributed by atoms with Crippen molar-refractivity contribution < 1.29 is 9.67 Å². The summed E-state index contributed by atoms with van der Waals surface area (Å²) in [5.74, 6) is 0.178. The van der Waals surface area contributed by atoms with Gasteiger partial charge in [-0.05, 0) is 17.4 Å². The van der Waals surface area contributed by atoms with Crippen molar-refractivity contribution in [3.05, 3.63) is 90.8 Å². The number of rotatable bonds is 4. The first kappa shape index (κ1) is 17.4. The summed E-state index contributed by atoms with van der Waals surface area (Å²) in [4.78, 5) is 0. The zero-order valence-corrected chi connectivity index (χ0v) is 15.4. The van der Waals surface area contributed by atoms with E-state index in [1.165, 1.54) is 11.8 Å². The van der Waals surface area contributed by atoms with Crippen LogP contribution in [0, 0.1) is 0 Å². The van der Waals surface area contributed by atoms with E-state index in [2.05, 4.69) is 12.1 Å². The van der Waals surface area contributed by atoms with Crippen LogP contribution in [-0.4, -0.2) is 15.6 Å². The normalized spacial score (nSPS) is 11.7. The summed E-state index contributed by atoms with van der Waals surface area (Å²) in [6.45, 7) is 0. The molecule has 2 nitrogen and oxygen atoms in total. The molecule has 0 aliphatic carbocycles. The third-order valence-electron chi connectivity index (χ3n) is 3.84. The lowest BCUT2D eigenvalue weighted by molar-refractivity contribution is -0.575. The van der Waals surface area contributed by atoms with E-state index in [0.29, 0.717) is 9.89 Å². The van der Waals surface area contributed by atoms with Gasteiger partial charge >= 0.3 is 0 Å². The molecule has 0 bridgehead atoms. The average Bonchev–Trinajstić information content (AvgIpc) is 2.70. The minimum Gasteiger partial charge on any atom is -0.502 e. The third-order valence-corrected chi connectivity index (χ3v) is 5.10. The number of aliphatic hydroxyl groups excluding tert-OH is 1. The molecule has 0 fully saturated rings. The molecule has 124 valence electrons. The fourth-order valence-corrected chi connectivity index (χ4v) is 3.15. The lowest BCUT2D eigenvalue weighted by Gasteiger charge is -2.07. The highest BCUT2D eigenvalue weighted by Gasteiger charge is 2.22. The lowest BCUT2D eigenvalue weighted by Crippen LogP contribution is -2.35. The van der Waals surface area contributed by atoms with E-state index in [1.807, 2.05) is 83.9 Å². The number of hydrogen-bond acceptors (Lipinski definition) is 3.